The lowest BCUT2D eigenvalue weighted by Gasteiger charge is -2.09. The molecule has 0 saturated heterocycles. The predicted octanol–water partition coefficient (Wildman–Crippen LogP) is 3.26. The maximum Gasteiger partial charge on any atom is 0.251 e. The van der Waals surface area contributed by atoms with Gasteiger partial charge in [-0.3, -0.25) is 4.79 Å². The molecule has 0 bridgehead atoms. The van der Waals surface area contributed by atoms with E-state index in [1.807, 2.05) is 25.1 Å². The van der Waals surface area contributed by atoms with E-state index in [2.05, 4.69) is 15.5 Å². The molecule has 0 saturated carbocycles. The summed E-state index contributed by atoms with van der Waals surface area (Å²) in [5, 5.41) is 6.85. The van der Waals surface area contributed by atoms with Gasteiger partial charge in [0.1, 0.15) is 6.04 Å². The third kappa shape index (κ3) is 3.11. The number of benzene rings is 2. The number of amides is 1. The molecule has 2 heterocycles. The van der Waals surface area contributed by atoms with Crippen molar-refractivity contribution in [2.45, 2.75) is 19.9 Å². The molecule has 1 amide bonds. The van der Waals surface area contributed by atoms with Crippen molar-refractivity contribution in [3.8, 4) is 22.9 Å². The molecule has 1 unspecified atom stereocenters. The molecule has 1 N–H and O–H groups in total. The van der Waals surface area contributed by atoms with E-state index in [9.17, 15) is 4.79 Å². The van der Waals surface area contributed by atoms with Gasteiger partial charge >= 0.3 is 0 Å². The van der Waals surface area contributed by atoms with Crippen LogP contribution in [0.5, 0.6) is 11.5 Å². The minimum Gasteiger partial charge on any atom is -0.454 e. The van der Waals surface area contributed by atoms with Crippen molar-refractivity contribution in [1.29, 1.82) is 0 Å². The van der Waals surface area contributed by atoms with E-state index in [0.29, 0.717) is 28.8 Å². The smallest absolute Gasteiger partial charge is 0.251 e. The first-order valence-corrected chi connectivity index (χ1v) is 8.21. The number of hydrogen-bond acceptors (Lipinski definition) is 6. The van der Waals surface area contributed by atoms with Crippen LogP contribution >= 0.6 is 0 Å². The minimum atomic E-state index is -0.418. The van der Waals surface area contributed by atoms with E-state index in [0.717, 1.165) is 11.1 Å². The number of carbonyl (C=O) groups is 1. The van der Waals surface area contributed by atoms with Gasteiger partial charge in [-0.05, 0) is 44.2 Å². The molecule has 1 aromatic heterocycles. The van der Waals surface area contributed by atoms with Crippen LogP contribution in [0.15, 0.2) is 47.0 Å². The summed E-state index contributed by atoms with van der Waals surface area (Å²) in [6.07, 6.45) is 0. The van der Waals surface area contributed by atoms with Crippen LogP contribution in [-0.2, 0) is 0 Å². The Bertz CT molecular complexity index is 950. The van der Waals surface area contributed by atoms with Crippen molar-refractivity contribution in [2.75, 3.05) is 6.79 Å². The third-order valence-corrected chi connectivity index (χ3v) is 4.10. The van der Waals surface area contributed by atoms with Gasteiger partial charge in [0.15, 0.2) is 11.5 Å². The summed E-state index contributed by atoms with van der Waals surface area (Å²) in [4.78, 5) is 16.7. The average molecular weight is 351 g/mol. The largest absolute Gasteiger partial charge is 0.454 e. The van der Waals surface area contributed by atoms with Gasteiger partial charge in [0.05, 0.1) is 0 Å². The second-order valence-electron chi connectivity index (χ2n) is 6.09. The molecule has 1 atom stereocenters. The summed E-state index contributed by atoms with van der Waals surface area (Å²) in [7, 11) is 0. The van der Waals surface area contributed by atoms with Gasteiger partial charge in [-0.1, -0.05) is 22.9 Å². The maximum atomic E-state index is 12.3. The second-order valence-corrected chi connectivity index (χ2v) is 6.09. The molecule has 7 heteroatoms. The Morgan fingerprint density at radius 3 is 2.69 bits per heavy atom. The Morgan fingerprint density at radius 2 is 1.88 bits per heavy atom. The molecule has 0 spiro atoms. The fourth-order valence-corrected chi connectivity index (χ4v) is 2.61. The number of nitrogens with one attached hydrogen (secondary N) is 1. The highest BCUT2D eigenvalue weighted by atomic mass is 16.7. The van der Waals surface area contributed by atoms with Crippen LogP contribution in [0.1, 0.15) is 34.8 Å². The van der Waals surface area contributed by atoms with Crippen LogP contribution in [0.3, 0.4) is 0 Å². The van der Waals surface area contributed by atoms with Crippen molar-refractivity contribution in [3.05, 3.63) is 59.5 Å². The van der Waals surface area contributed by atoms with E-state index < -0.39 is 6.04 Å². The molecule has 7 nitrogen and oxygen atoms in total. The molecule has 3 aromatic rings. The Morgan fingerprint density at radius 1 is 1.12 bits per heavy atom. The molecule has 26 heavy (non-hydrogen) atoms. The van der Waals surface area contributed by atoms with E-state index in [1.165, 1.54) is 0 Å². The summed E-state index contributed by atoms with van der Waals surface area (Å²) in [6.45, 7) is 3.97. The number of aromatic nitrogens is 2. The summed E-state index contributed by atoms with van der Waals surface area (Å²) < 4.78 is 16.0. The molecule has 4 rings (SSSR count). The van der Waals surface area contributed by atoms with Gasteiger partial charge in [0, 0.05) is 11.1 Å². The van der Waals surface area contributed by atoms with E-state index in [1.54, 1.807) is 31.2 Å². The topological polar surface area (TPSA) is 86.5 Å². The highest BCUT2D eigenvalue weighted by Crippen LogP contribution is 2.35. The zero-order chi connectivity index (χ0) is 18.1. The normalized spacial score (nSPS) is 13.5. The van der Waals surface area contributed by atoms with Crippen molar-refractivity contribution in [3.63, 3.8) is 0 Å². The molecule has 1 aliphatic rings. The van der Waals surface area contributed by atoms with Gasteiger partial charge in [-0.2, -0.15) is 4.98 Å². The van der Waals surface area contributed by atoms with Crippen molar-refractivity contribution in [2.24, 2.45) is 0 Å². The second kappa shape index (κ2) is 6.51. The lowest BCUT2D eigenvalue weighted by atomic mass is 10.1. The van der Waals surface area contributed by atoms with Crippen LogP contribution in [0, 0.1) is 6.92 Å². The van der Waals surface area contributed by atoms with Crippen LogP contribution in [0.4, 0.5) is 0 Å². The first kappa shape index (κ1) is 16.1. The van der Waals surface area contributed by atoms with Crippen molar-refractivity contribution in [1.82, 2.24) is 15.5 Å². The summed E-state index contributed by atoms with van der Waals surface area (Å²) in [5.74, 6) is 1.90. The van der Waals surface area contributed by atoms with Crippen molar-refractivity contribution >= 4 is 5.91 Å². The van der Waals surface area contributed by atoms with Crippen LogP contribution in [0.25, 0.3) is 11.4 Å². The number of carbonyl (C=O) groups excluding carboxylic acids is 1. The van der Waals surface area contributed by atoms with Crippen LogP contribution in [0.2, 0.25) is 0 Å². The summed E-state index contributed by atoms with van der Waals surface area (Å²) >= 11 is 0. The van der Waals surface area contributed by atoms with Gasteiger partial charge in [-0.25, -0.2) is 0 Å². The lowest BCUT2D eigenvalue weighted by Crippen LogP contribution is -2.26. The SMILES string of the molecule is Cc1ccc(C(=O)NC(C)c2nc(-c3ccc4c(c3)OCO4)no2)cc1. The number of fused-ring (bicyclic) bond motifs is 1. The van der Waals surface area contributed by atoms with Gasteiger partial charge < -0.3 is 19.3 Å². The zero-order valence-corrected chi connectivity index (χ0v) is 14.4. The van der Waals surface area contributed by atoms with Crippen LogP contribution in [-0.4, -0.2) is 22.8 Å². The quantitative estimate of drug-likeness (QED) is 0.776. The first-order valence-electron chi connectivity index (χ1n) is 8.21. The standard InChI is InChI=1S/C19H17N3O4/c1-11-3-5-13(6-4-11)18(23)20-12(2)19-21-17(22-26-19)14-7-8-15-16(9-14)25-10-24-15/h3-9,12H,10H2,1-2H3,(H,20,23). The molecule has 2 aromatic carbocycles. The van der Waals surface area contributed by atoms with Gasteiger partial charge in [-0.15, -0.1) is 0 Å². The third-order valence-electron chi connectivity index (χ3n) is 4.10. The molecule has 0 radical (unpaired) electrons. The number of aryl methyl sites for hydroxylation is 1. The molecule has 1 aliphatic heterocycles. The zero-order valence-electron chi connectivity index (χ0n) is 14.4. The monoisotopic (exact) mass is 351 g/mol. The Labute approximate surface area is 149 Å². The highest BCUT2D eigenvalue weighted by molar-refractivity contribution is 5.94. The summed E-state index contributed by atoms with van der Waals surface area (Å²) in [6, 6.07) is 12.4. The minimum absolute atomic E-state index is 0.194. The lowest BCUT2D eigenvalue weighted by molar-refractivity contribution is 0.0932. The molecule has 0 aliphatic carbocycles. The van der Waals surface area contributed by atoms with Gasteiger partial charge in [0.25, 0.3) is 5.91 Å². The Kier molecular flexibility index (Phi) is 4.04. The molecule has 0 fully saturated rings. The number of rotatable bonds is 4. The number of nitrogens with zero attached hydrogens (tertiary/aromatic N) is 2. The molecule has 132 valence electrons. The fraction of sp³-hybridized carbons (Fsp3) is 0.211. The average Bonchev–Trinajstić information content (AvgIpc) is 3.31. The maximum absolute atomic E-state index is 12.3. The Balaban J connectivity index is 1.48. The number of hydrogen-bond donors (Lipinski definition) is 1. The first-order chi connectivity index (χ1) is 12.6. The summed E-state index contributed by atoms with van der Waals surface area (Å²) in [5.41, 5.74) is 2.43. The highest BCUT2D eigenvalue weighted by Gasteiger charge is 2.20. The van der Waals surface area contributed by atoms with Crippen molar-refractivity contribution < 1.29 is 18.8 Å². The predicted molar refractivity (Wildman–Crippen MR) is 92.9 cm³/mol. The van der Waals surface area contributed by atoms with Gasteiger partial charge in [0.2, 0.25) is 18.5 Å². The fourth-order valence-electron chi connectivity index (χ4n) is 2.61. The van der Waals surface area contributed by atoms with E-state index >= 15 is 0 Å². The van der Waals surface area contributed by atoms with E-state index in [-0.39, 0.29) is 12.7 Å². The Hall–Kier alpha value is -3.35. The van der Waals surface area contributed by atoms with Crippen LogP contribution < -0.4 is 14.8 Å². The molecular formula is C19H17N3O4. The molecular weight excluding hydrogens is 334 g/mol. The number of ether oxygens (including phenoxy) is 2. The van der Waals surface area contributed by atoms with E-state index in [4.69, 9.17) is 14.0 Å².